The number of aliphatic hydroxyl groups is 1. The van der Waals surface area contributed by atoms with E-state index in [0.717, 1.165) is 31.2 Å². The number of hydrogen-bond donors (Lipinski definition) is 1. The highest BCUT2D eigenvalue weighted by Crippen LogP contribution is 2.40. The Morgan fingerprint density at radius 1 is 1.30 bits per heavy atom. The Kier molecular flexibility index (Phi) is 6.97. The summed E-state index contributed by atoms with van der Waals surface area (Å²) in [5.41, 5.74) is 0.727. The minimum Gasteiger partial charge on any atom is -0.389 e. The lowest BCUT2D eigenvalue weighted by Gasteiger charge is -2.38. The summed E-state index contributed by atoms with van der Waals surface area (Å²) in [5, 5.41) is 10.9. The molecule has 2 heteroatoms. The van der Waals surface area contributed by atoms with Crippen LogP contribution in [0.15, 0.2) is 43.0 Å². The molecule has 0 bridgehead atoms. The van der Waals surface area contributed by atoms with E-state index in [-0.39, 0.29) is 11.5 Å². The van der Waals surface area contributed by atoms with Gasteiger partial charge in [-0.2, -0.15) is 0 Å². The number of benzene rings is 1. The fourth-order valence-corrected chi connectivity index (χ4v) is 2.80. The standard InChI is InChI=1S/C18H28O2/c1-5-8-14-18(6-2,7-3)17(19)16(20-4)15-12-10-9-11-13-15/h6,9-13,16-17,19H,2,5,7-8,14H2,1,3-4H3/t16-,17?,18+/m0/s1. The fourth-order valence-electron chi connectivity index (χ4n) is 2.80. The van der Waals surface area contributed by atoms with Crippen molar-refractivity contribution in [1.82, 2.24) is 0 Å². The third-order valence-electron chi connectivity index (χ3n) is 4.32. The van der Waals surface area contributed by atoms with Crippen molar-refractivity contribution in [1.29, 1.82) is 0 Å². The smallest absolute Gasteiger partial charge is 0.109 e. The quantitative estimate of drug-likeness (QED) is 0.673. The van der Waals surface area contributed by atoms with Gasteiger partial charge in [-0.05, 0) is 18.4 Å². The molecule has 0 aromatic heterocycles. The molecule has 0 saturated carbocycles. The number of rotatable bonds is 9. The number of ether oxygens (including phenoxy) is 1. The van der Waals surface area contributed by atoms with Gasteiger partial charge < -0.3 is 9.84 Å². The van der Waals surface area contributed by atoms with E-state index in [4.69, 9.17) is 4.74 Å². The summed E-state index contributed by atoms with van der Waals surface area (Å²) in [6.07, 6.45) is 5.03. The van der Waals surface area contributed by atoms with E-state index in [1.54, 1.807) is 7.11 Å². The Morgan fingerprint density at radius 3 is 2.40 bits per heavy atom. The Morgan fingerprint density at radius 2 is 1.95 bits per heavy atom. The lowest BCUT2D eigenvalue weighted by atomic mass is 9.72. The molecule has 0 heterocycles. The molecule has 112 valence electrons. The number of methoxy groups -OCH3 is 1. The van der Waals surface area contributed by atoms with Gasteiger partial charge in [0.05, 0.1) is 6.10 Å². The van der Waals surface area contributed by atoms with Crippen LogP contribution in [0.25, 0.3) is 0 Å². The third kappa shape index (κ3) is 3.71. The Bertz CT molecular complexity index is 388. The second kappa shape index (κ2) is 8.23. The largest absolute Gasteiger partial charge is 0.389 e. The Balaban J connectivity index is 3.02. The van der Waals surface area contributed by atoms with Gasteiger partial charge in [0.1, 0.15) is 6.10 Å². The maximum atomic E-state index is 10.9. The normalized spacial score (nSPS) is 17.2. The van der Waals surface area contributed by atoms with Crippen molar-refractivity contribution < 1.29 is 9.84 Å². The monoisotopic (exact) mass is 276 g/mol. The van der Waals surface area contributed by atoms with Crippen molar-refractivity contribution in [2.75, 3.05) is 7.11 Å². The van der Waals surface area contributed by atoms with E-state index >= 15 is 0 Å². The van der Waals surface area contributed by atoms with Gasteiger partial charge in [-0.15, -0.1) is 6.58 Å². The van der Waals surface area contributed by atoms with Crippen LogP contribution in [-0.2, 0) is 4.74 Å². The van der Waals surface area contributed by atoms with Crippen LogP contribution in [0.1, 0.15) is 51.2 Å². The zero-order chi connectivity index (χ0) is 15.0. The molecule has 1 aromatic rings. The van der Waals surface area contributed by atoms with Gasteiger partial charge in [-0.3, -0.25) is 0 Å². The molecule has 1 unspecified atom stereocenters. The number of aliphatic hydroxyl groups excluding tert-OH is 1. The predicted molar refractivity (Wildman–Crippen MR) is 84.6 cm³/mol. The summed E-state index contributed by atoms with van der Waals surface area (Å²) in [6, 6.07) is 9.92. The first kappa shape index (κ1) is 16.9. The molecular weight excluding hydrogens is 248 g/mol. The molecule has 1 N–H and O–H groups in total. The molecule has 1 rings (SSSR count). The highest BCUT2D eigenvalue weighted by molar-refractivity contribution is 5.20. The van der Waals surface area contributed by atoms with Gasteiger partial charge in [0.25, 0.3) is 0 Å². The summed E-state index contributed by atoms with van der Waals surface area (Å²) < 4.78 is 5.59. The zero-order valence-electron chi connectivity index (χ0n) is 13.0. The van der Waals surface area contributed by atoms with E-state index in [1.165, 1.54) is 0 Å². The Labute approximate surface area is 123 Å². The molecule has 0 saturated heterocycles. The van der Waals surface area contributed by atoms with Crippen molar-refractivity contribution >= 4 is 0 Å². The summed E-state index contributed by atoms with van der Waals surface area (Å²) in [4.78, 5) is 0. The maximum absolute atomic E-state index is 10.9. The topological polar surface area (TPSA) is 29.5 Å². The first-order valence-electron chi connectivity index (χ1n) is 7.54. The lowest BCUT2D eigenvalue weighted by Crippen LogP contribution is -2.38. The van der Waals surface area contributed by atoms with E-state index in [9.17, 15) is 5.11 Å². The maximum Gasteiger partial charge on any atom is 0.109 e. The highest BCUT2D eigenvalue weighted by atomic mass is 16.5. The molecule has 0 amide bonds. The zero-order valence-corrected chi connectivity index (χ0v) is 13.0. The van der Waals surface area contributed by atoms with Gasteiger partial charge in [0.2, 0.25) is 0 Å². The summed E-state index contributed by atoms with van der Waals surface area (Å²) in [7, 11) is 1.66. The molecule has 3 atom stereocenters. The fraction of sp³-hybridized carbons (Fsp3) is 0.556. The van der Waals surface area contributed by atoms with Crippen LogP contribution >= 0.6 is 0 Å². The minimum absolute atomic E-state index is 0.285. The molecule has 0 fully saturated rings. The average Bonchev–Trinajstić information content (AvgIpc) is 2.51. The van der Waals surface area contributed by atoms with E-state index < -0.39 is 6.10 Å². The molecule has 0 aliphatic heterocycles. The van der Waals surface area contributed by atoms with E-state index in [0.29, 0.717) is 0 Å². The van der Waals surface area contributed by atoms with Crippen LogP contribution in [0.5, 0.6) is 0 Å². The van der Waals surface area contributed by atoms with Crippen LogP contribution < -0.4 is 0 Å². The molecule has 0 spiro atoms. The summed E-state index contributed by atoms with van der Waals surface area (Å²) >= 11 is 0. The minimum atomic E-state index is -0.580. The Hall–Kier alpha value is -1.12. The van der Waals surface area contributed by atoms with Crippen LogP contribution in [0.2, 0.25) is 0 Å². The molecule has 0 aliphatic rings. The van der Waals surface area contributed by atoms with E-state index in [2.05, 4.69) is 20.4 Å². The first-order valence-corrected chi connectivity index (χ1v) is 7.54. The van der Waals surface area contributed by atoms with Crippen molar-refractivity contribution in [3.8, 4) is 0 Å². The number of unbranched alkanes of at least 4 members (excludes halogenated alkanes) is 1. The van der Waals surface area contributed by atoms with Crippen molar-refractivity contribution in [2.45, 2.75) is 51.7 Å². The highest BCUT2D eigenvalue weighted by Gasteiger charge is 2.38. The SMILES string of the molecule is C=C[C@@](CC)(CCCC)C(O)[C@@H](OC)c1ccccc1. The molecule has 2 nitrogen and oxygen atoms in total. The van der Waals surface area contributed by atoms with Gasteiger partial charge in [-0.1, -0.05) is 63.1 Å². The second-order valence-corrected chi connectivity index (χ2v) is 5.41. The second-order valence-electron chi connectivity index (χ2n) is 5.41. The van der Waals surface area contributed by atoms with Crippen LogP contribution in [0.3, 0.4) is 0 Å². The van der Waals surface area contributed by atoms with Crippen molar-refractivity contribution in [3.05, 3.63) is 48.6 Å². The molecular formula is C18H28O2. The molecule has 20 heavy (non-hydrogen) atoms. The van der Waals surface area contributed by atoms with Gasteiger partial charge in [0, 0.05) is 12.5 Å². The van der Waals surface area contributed by atoms with Gasteiger partial charge in [-0.25, -0.2) is 0 Å². The van der Waals surface area contributed by atoms with Gasteiger partial charge >= 0.3 is 0 Å². The lowest BCUT2D eigenvalue weighted by molar-refractivity contribution is -0.0726. The molecule has 0 aliphatic carbocycles. The van der Waals surface area contributed by atoms with Crippen LogP contribution in [0, 0.1) is 5.41 Å². The van der Waals surface area contributed by atoms with Crippen LogP contribution in [0.4, 0.5) is 0 Å². The van der Waals surface area contributed by atoms with Crippen molar-refractivity contribution in [3.63, 3.8) is 0 Å². The predicted octanol–water partition coefficient (Wildman–Crippen LogP) is 4.51. The number of hydrogen-bond acceptors (Lipinski definition) is 2. The summed E-state index contributed by atoms with van der Waals surface area (Å²) in [5.74, 6) is 0. The van der Waals surface area contributed by atoms with Gasteiger partial charge in [0.15, 0.2) is 0 Å². The van der Waals surface area contributed by atoms with Crippen LogP contribution in [-0.4, -0.2) is 18.3 Å². The molecule has 1 aromatic carbocycles. The third-order valence-corrected chi connectivity index (χ3v) is 4.32. The molecule has 0 radical (unpaired) electrons. The average molecular weight is 276 g/mol. The van der Waals surface area contributed by atoms with Crippen molar-refractivity contribution in [2.24, 2.45) is 5.41 Å². The summed E-state index contributed by atoms with van der Waals surface area (Å²) in [6.45, 7) is 8.25. The first-order chi connectivity index (χ1) is 9.65. The van der Waals surface area contributed by atoms with E-state index in [1.807, 2.05) is 36.4 Å².